The van der Waals surface area contributed by atoms with Gasteiger partial charge in [-0.2, -0.15) is 0 Å². The Bertz CT molecular complexity index is 349. The van der Waals surface area contributed by atoms with E-state index >= 15 is 0 Å². The van der Waals surface area contributed by atoms with E-state index in [0.29, 0.717) is 12.5 Å². The second kappa shape index (κ2) is 4.18. The fourth-order valence-electron chi connectivity index (χ4n) is 2.27. The lowest BCUT2D eigenvalue weighted by Crippen LogP contribution is -2.40. The summed E-state index contributed by atoms with van der Waals surface area (Å²) in [5, 5.41) is 9.16. The lowest BCUT2D eigenvalue weighted by Gasteiger charge is -2.30. The number of hydrogen-bond donors (Lipinski definition) is 2. The first kappa shape index (κ1) is 11.6. The fraction of sp³-hybridized carbons (Fsp3) is 0.750. The summed E-state index contributed by atoms with van der Waals surface area (Å²) in [5.74, 6) is 0.167. The van der Waals surface area contributed by atoms with Crippen molar-refractivity contribution in [3.05, 3.63) is 18.2 Å². The molecule has 4 nitrogen and oxygen atoms in total. The van der Waals surface area contributed by atoms with Crippen LogP contribution in [0.1, 0.15) is 50.8 Å². The van der Waals surface area contributed by atoms with Gasteiger partial charge in [0.15, 0.2) is 0 Å². The van der Waals surface area contributed by atoms with Crippen molar-refractivity contribution in [2.45, 2.75) is 50.6 Å². The lowest BCUT2D eigenvalue weighted by atomic mass is 9.83. The summed E-state index contributed by atoms with van der Waals surface area (Å²) in [7, 11) is 0. The zero-order valence-corrected chi connectivity index (χ0v) is 10.1. The Morgan fingerprint density at radius 1 is 1.62 bits per heavy atom. The van der Waals surface area contributed by atoms with Crippen molar-refractivity contribution in [2.75, 3.05) is 6.61 Å². The first-order chi connectivity index (χ1) is 7.54. The largest absolute Gasteiger partial charge is 0.396 e. The van der Waals surface area contributed by atoms with Crippen LogP contribution in [-0.4, -0.2) is 26.8 Å². The highest BCUT2D eigenvalue weighted by Gasteiger charge is 2.33. The standard InChI is InChI=1S/C12H21N3O/c1-12(2,13)10(5-6-16)11-7-14-8-15(11)9-3-4-9/h7-10,16H,3-6,13H2,1-2H3. The van der Waals surface area contributed by atoms with Crippen LogP contribution in [0.4, 0.5) is 0 Å². The molecule has 1 aliphatic carbocycles. The van der Waals surface area contributed by atoms with Crippen LogP contribution in [0.25, 0.3) is 0 Å². The zero-order chi connectivity index (χ0) is 11.8. The smallest absolute Gasteiger partial charge is 0.0950 e. The monoisotopic (exact) mass is 223 g/mol. The molecule has 1 atom stereocenters. The molecule has 1 fully saturated rings. The molecule has 0 amide bonds. The molecule has 1 aromatic rings. The highest BCUT2D eigenvalue weighted by molar-refractivity contribution is 5.15. The summed E-state index contributed by atoms with van der Waals surface area (Å²) in [4.78, 5) is 4.23. The van der Waals surface area contributed by atoms with E-state index < -0.39 is 0 Å². The van der Waals surface area contributed by atoms with Crippen LogP contribution >= 0.6 is 0 Å². The number of aliphatic hydroxyl groups excluding tert-OH is 1. The van der Waals surface area contributed by atoms with Crippen LogP contribution in [0.15, 0.2) is 12.5 Å². The maximum absolute atomic E-state index is 9.16. The van der Waals surface area contributed by atoms with Gasteiger partial charge in [-0.15, -0.1) is 0 Å². The van der Waals surface area contributed by atoms with Crippen molar-refractivity contribution in [3.8, 4) is 0 Å². The predicted octanol–water partition coefficient (Wildman–Crippen LogP) is 1.42. The van der Waals surface area contributed by atoms with Crippen molar-refractivity contribution in [1.29, 1.82) is 0 Å². The number of imidazole rings is 1. The Kier molecular flexibility index (Phi) is 3.04. The van der Waals surface area contributed by atoms with Crippen molar-refractivity contribution >= 4 is 0 Å². The minimum atomic E-state index is -0.324. The van der Waals surface area contributed by atoms with Gasteiger partial charge in [-0.05, 0) is 33.1 Å². The third kappa shape index (κ3) is 2.28. The predicted molar refractivity (Wildman–Crippen MR) is 63.2 cm³/mol. The molecule has 1 saturated carbocycles. The van der Waals surface area contributed by atoms with E-state index in [0.717, 1.165) is 0 Å². The van der Waals surface area contributed by atoms with Crippen molar-refractivity contribution in [3.63, 3.8) is 0 Å². The Hall–Kier alpha value is -0.870. The van der Waals surface area contributed by atoms with Gasteiger partial charge in [0.1, 0.15) is 0 Å². The van der Waals surface area contributed by atoms with Crippen LogP contribution in [0, 0.1) is 0 Å². The zero-order valence-electron chi connectivity index (χ0n) is 10.1. The Labute approximate surface area is 96.5 Å². The number of nitrogens with zero attached hydrogens (tertiary/aromatic N) is 2. The molecule has 0 saturated heterocycles. The lowest BCUT2D eigenvalue weighted by molar-refractivity contribution is 0.246. The molecule has 16 heavy (non-hydrogen) atoms. The molecule has 2 rings (SSSR count). The topological polar surface area (TPSA) is 64.1 Å². The Balaban J connectivity index is 2.27. The van der Waals surface area contributed by atoms with E-state index in [9.17, 15) is 0 Å². The van der Waals surface area contributed by atoms with Gasteiger partial charge in [0.2, 0.25) is 0 Å². The first-order valence-electron chi connectivity index (χ1n) is 5.95. The van der Waals surface area contributed by atoms with E-state index in [4.69, 9.17) is 10.8 Å². The molecule has 1 heterocycles. The van der Waals surface area contributed by atoms with E-state index in [-0.39, 0.29) is 18.1 Å². The molecule has 1 unspecified atom stereocenters. The van der Waals surface area contributed by atoms with E-state index in [1.807, 2.05) is 26.4 Å². The van der Waals surface area contributed by atoms with E-state index in [2.05, 4.69) is 9.55 Å². The van der Waals surface area contributed by atoms with E-state index in [1.54, 1.807) is 0 Å². The number of aromatic nitrogens is 2. The molecule has 0 radical (unpaired) electrons. The number of aliphatic hydroxyl groups is 1. The molecule has 0 spiro atoms. The molecule has 3 N–H and O–H groups in total. The third-order valence-corrected chi connectivity index (χ3v) is 3.31. The fourth-order valence-corrected chi connectivity index (χ4v) is 2.27. The van der Waals surface area contributed by atoms with Crippen LogP contribution < -0.4 is 5.73 Å². The van der Waals surface area contributed by atoms with Gasteiger partial charge in [-0.3, -0.25) is 0 Å². The van der Waals surface area contributed by atoms with Gasteiger partial charge >= 0.3 is 0 Å². The van der Waals surface area contributed by atoms with Crippen LogP contribution in [-0.2, 0) is 0 Å². The maximum Gasteiger partial charge on any atom is 0.0950 e. The number of hydrogen-bond acceptors (Lipinski definition) is 3. The number of rotatable bonds is 5. The molecule has 0 aliphatic heterocycles. The molecule has 0 bridgehead atoms. The van der Waals surface area contributed by atoms with Crippen LogP contribution in [0.3, 0.4) is 0 Å². The molecule has 90 valence electrons. The van der Waals surface area contributed by atoms with Gasteiger partial charge in [0, 0.05) is 36.0 Å². The van der Waals surface area contributed by atoms with Crippen molar-refractivity contribution in [1.82, 2.24) is 9.55 Å². The van der Waals surface area contributed by atoms with Gasteiger partial charge in [-0.25, -0.2) is 4.98 Å². The second-order valence-corrected chi connectivity index (χ2v) is 5.34. The Morgan fingerprint density at radius 2 is 2.31 bits per heavy atom. The molecular weight excluding hydrogens is 202 g/mol. The summed E-state index contributed by atoms with van der Waals surface area (Å²) >= 11 is 0. The van der Waals surface area contributed by atoms with Crippen molar-refractivity contribution in [2.24, 2.45) is 5.73 Å². The van der Waals surface area contributed by atoms with Gasteiger partial charge < -0.3 is 15.4 Å². The summed E-state index contributed by atoms with van der Waals surface area (Å²) in [6, 6.07) is 0.612. The molecule has 1 aliphatic rings. The van der Waals surface area contributed by atoms with Gasteiger partial charge in [-0.1, -0.05) is 0 Å². The summed E-state index contributed by atoms with van der Waals surface area (Å²) in [5.41, 5.74) is 7.04. The molecule has 4 heteroatoms. The van der Waals surface area contributed by atoms with Crippen LogP contribution in [0.5, 0.6) is 0 Å². The van der Waals surface area contributed by atoms with Crippen LogP contribution in [0.2, 0.25) is 0 Å². The number of nitrogens with two attached hydrogens (primary N) is 1. The SMILES string of the molecule is CC(C)(N)C(CCO)c1cncn1C1CC1. The Morgan fingerprint density at radius 3 is 2.81 bits per heavy atom. The third-order valence-electron chi connectivity index (χ3n) is 3.31. The second-order valence-electron chi connectivity index (χ2n) is 5.34. The van der Waals surface area contributed by atoms with Gasteiger partial charge in [0.05, 0.1) is 6.33 Å². The van der Waals surface area contributed by atoms with Gasteiger partial charge in [0.25, 0.3) is 0 Å². The quantitative estimate of drug-likeness (QED) is 0.793. The average Bonchev–Trinajstić information content (AvgIpc) is 2.92. The summed E-state index contributed by atoms with van der Waals surface area (Å²) in [6.45, 7) is 4.19. The molecular formula is C12H21N3O. The van der Waals surface area contributed by atoms with E-state index in [1.165, 1.54) is 18.5 Å². The minimum absolute atomic E-state index is 0.167. The minimum Gasteiger partial charge on any atom is -0.396 e. The normalized spacial score (nSPS) is 18.8. The maximum atomic E-state index is 9.16. The average molecular weight is 223 g/mol. The summed E-state index contributed by atoms with van der Waals surface area (Å²) in [6.07, 6.45) is 6.96. The van der Waals surface area contributed by atoms with Crippen molar-refractivity contribution < 1.29 is 5.11 Å². The first-order valence-corrected chi connectivity index (χ1v) is 5.95. The summed E-state index contributed by atoms with van der Waals surface area (Å²) < 4.78 is 2.23. The molecule has 1 aromatic heterocycles. The molecule has 0 aromatic carbocycles. The highest BCUT2D eigenvalue weighted by Crippen LogP contribution is 2.39. The highest BCUT2D eigenvalue weighted by atomic mass is 16.3.